The van der Waals surface area contributed by atoms with Gasteiger partial charge < -0.3 is 15.2 Å². The van der Waals surface area contributed by atoms with Crippen molar-refractivity contribution in [1.82, 2.24) is 5.32 Å². The van der Waals surface area contributed by atoms with E-state index in [1.807, 2.05) is 0 Å². The van der Waals surface area contributed by atoms with E-state index < -0.39 is 0 Å². The van der Waals surface area contributed by atoms with Crippen LogP contribution in [-0.2, 0) is 4.74 Å². The number of rotatable bonds is 7. The van der Waals surface area contributed by atoms with Gasteiger partial charge in [0.25, 0.3) is 0 Å². The summed E-state index contributed by atoms with van der Waals surface area (Å²) in [5.41, 5.74) is 0. The Morgan fingerprint density at radius 3 is 2.71 bits per heavy atom. The molecule has 2 rings (SSSR count). The summed E-state index contributed by atoms with van der Waals surface area (Å²) in [6.07, 6.45) is 9.20. The van der Waals surface area contributed by atoms with Gasteiger partial charge in [-0.05, 0) is 43.9 Å². The van der Waals surface area contributed by atoms with E-state index in [9.17, 15) is 0 Å². The Hall–Kier alpha value is -0.120. The molecule has 2 aliphatic rings. The minimum atomic E-state index is 0.250. The molecular weight excluding hydrogens is 214 g/mol. The predicted molar refractivity (Wildman–Crippen MR) is 69.0 cm³/mol. The Balaban J connectivity index is 1.75. The number of aliphatic hydroxyl groups excluding tert-OH is 1. The molecular formula is C14H27NO2. The van der Waals surface area contributed by atoms with Gasteiger partial charge >= 0.3 is 0 Å². The van der Waals surface area contributed by atoms with Gasteiger partial charge in [0.15, 0.2) is 0 Å². The summed E-state index contributed by atoms with van der Waals surface area (Å²) in [5.74, 6) is 2.01. The monoisotopic (exact) mass is 241 g/mol. The topological polar surface area (TPSA) is 41.5 Å². The molecule has 0 aliphatic heterocycles. The molecule has 0 aromatic rings. The molecule has 0 spiro atoms. The van der Waals surface area contributed by atoms with Gasteiger partial charge in [0.1, 0.15) is 0 Å². The third kappa shape index (κ3) is 4.23. The van der Waals surface area contributed by atoms with Gasteiger partial charge in [0.2, 0.25) is 0 Å². The third-order valence-electron chi connectivity index (χ3n) is 4.32. The van der Waals surface area contributed by atoms with Gasteiger partial charge in [0, 0.05) is 25.8 Å². The van der Waals surface area contributed by atoms with Crippen molar-refractivity contribution in [3.63, 3.8) is 0 Å². The fourth-order valence-electron chi connectivity index (χ4n) is 3.28. The van der Waals surface area contributed by atoms with E-state index in [0.717, 1.165) is 18.3 Å². The van der Waals surface area contributed by atoms with Crippen LogP contribution in [0.5, 0.6) is 0 Å². The first-order valence-corrected chi connectivity index (χ1v) is 7.19. The number of aliphatic hydroxyl groups is 1. The quantitative estimate of drug-likeness (QED) is 0.716. The lowest BCUT2D eigenvalue weighted by atomic mass is 9.82. The first-order valence-electron chi connectivity index (χ1n) is 7.19. The minimum Gasteiger partial charge on any atom is -0.396 e. The zero-order valence-corrected chi connectivity index (χ0v) is 11.0. The van der Waals surface area contributed by atoms with E-state index in [0.29, 0.717) is 18.7 Å². The zero-order chi connectivity index (χ0) is 12.1. The second-order valence-electron chi connectivity index (χ2n) is 5.79. The zero-order valence-electron chi connectivity index (χ0n) is 11.0. The Morgan fingerprint density at radius 2 is 2.06 bits per heavy atom. The lowest BCUT2D eigenvalue weighted by molar-refractivity contribution is 0.132. The van der Waals surface area contributed by atoms with Crippen LogP contribution in [0.4, 0.5) is 0 Å². The first kappa shape index (κ1) is 13.3. The summed E-state index contributed by atoms with van der Waals surface area (Å²) in [6, 6.07) is 0.981. The lowest BCUT2D eigenvalue weighted by Gasteiger charge is -2.32. The van der Waals surface area contributed by atoms with Crippen molar-refractivity contribution in [2.24, 2.45) is 11.8 Å². The van der Waals surface area contributed by atoms with E-state index in [2.05, 4.69) is 5.32 Å². The molecule has 3 nitrogen and oxygen atoms in total. The van der Waals surface area contributed by atoms with Crippen molar-refractivity contribution in [1.29, 1.82) is 0 Å². The van der Waals surface area contributed by atoms with E-state index >= 15 is 0 Å². The molecule has 100 valence electrons. The maximum Gasteiger partial charge on any atom is 0.0616 e. The molecule has 0 saturated heterocycles. The average molecular weight is 241 g/mol. The molecule has 0 radical (unpaired) electrons. The van der Waals surface area contributed by atoms with Crippen LogP contribution in [0.15, 0.2) is 0 Å². The molecule has 0 bridgehead atoms. The van der Waals surface area contributed by atoms with Crippen LogP contribution in [0.1, 0.15) is 44.9 Å². The highest BCUT2D eigenvalue weighted by Gasteiger charge is 2.34. The molecule has 2 saturated carbocycles. The lowest BCUT2D eigenvalue weighted by Crippen LogP contribution is -2.44. The largest absolute Gasteiger partial charge is 0.396 e. The highest BCUT2D eigenvalue weighted by molar-refractivity contribution is 4.88. The Morgan fingerprint density at radius 1 is 1.24 bits per heavy atom. The molecule has 0 aromatic carbocycles. The van der Waals surface area contributed by atoms with Gasteiger partial charge in [-0.1, -0.05) is 12.8 Å². The third-order valence-corrected chi connectivity index (χ3v) is 4.32. The maximum absolute atomic E-state index is 9.05. The molecule has 0 heterocycles. The summed E-state index contributed by atoms with van der Waals surface area (Å²) in [5, 5.41) is 12.7. The van der Waals surface area contributed by atoms with E-state index in [1.165, 1.54) is 38.5 Å². The fraction of sp³-hybridized carbons (Fsp3) is 1.00. The van der Waals surface area contributed by atoms with E-state index in [-0.39, 0.29) is 6.61 Å². The second-order valence-corrected chi connectivity index (χ2v) is 5.79. The maximum atomic E-state index is 9.05. The molecule has 2 fully saturated rings. The molecule has 0 aromatic heterocycles. The Bertz CT molecular complexity index is 212. The Labute approximate surface area is 105 Å². The summed E-state index contributed by atoms with van der Waals surface area (Å²) in [7, 11) is 1.74. The number of methoxy groups -OCH3 is 1. The van der Waals surface area contributed by atoms with Crippen molar-refractivity contribution < 1.29 is 9.84 Å². The SMILES string of the molecule is COCC(CCO)NC1CCCC(C2CC2)C1. The molecule has 3 atom stereocenters. The van der Waals surface area contributed by atoms with Crippen LogP contribution >= 0.6 is 0 Å². The van der Waals surface area contributed by atoms with Gasteiger partial charge in [-0.15, -0.1) is 0 Å². The molecule has 2 N–H and O–H groups in total. The van der Waals surface area contributed by atoms with Crippen molar-refractivity contribution in [2.75, 3.05) is 20.3 Å². The van der Waals surface area contributed by atoms with Crippen molar-refractivity contribution in [3.8, 4) is 0 Å². The van der Waals surface area contributed by atoms with Crippen molar-refractivity contribution in [2.45, 2.75) is 57.0 Å². The van der Waals surface area contributed by atoms with Crippen molar-refractivity contribution in [3.05, 3.63) is 0 Å². The van der Waals surface area contributed by atoms with Crippen LogP contribution in [-0.4, -0.2) is 37.5 Å². The molecule has 2 aliphatic carbocycles. The number of nitrogens with one attached hydrogen (secondary N) is 1. The van der Waals surface area contributed by atoms with Crippen LogP contribution in [0.2, 0.25) is 0 Å². The van der Waals surface area contributed by atoms with Gasteiger partial charge in [-0.25, -0.2) is 0 Å². The molecule has 17 heavy (non-hydrogen) atoms. The van der Waals surface area contributed by atoms with Crippen LogP contribution in [0.25, 0.3) is 0 Å². The highest BCUT2D eigenvalue weighted by Crippen LogP contribution is 2.43. The van der Waals surface area contributed by atoms with E-state index in [1.54, 1.807) is 7.11 Å². The van der Waals surface area contributed by atoms with Gasteiger partial charge in [-0.2, -0.15) is 0 Å². The summed E-state index contributed by atoms with van der Waals surface area (Å²) in [4.78, 5) is 0. The number of hydrogen-bond acceptors (Lipinski definition) is 3. The first-order chi connectivity index (χ1) is 8.33. The van der Waals surface area contributed by atoms with Crippen LogP contribution in [0, 0.1) is 11.8 Å². The van der Waals surface area contributed by atoms with E-state index in [4.69, 9.17) is 9.84 Å². The number of ether oxygens (including phenoxy) is 1. The Kier molecular flexibility index (Phi) is 5.26. The summed E-state index contributed by atoms with van der Waals surface area (Å²) >= 11 is 0. The van der Waals surface area contributed by atoms with Crippen LogP contribution < -0.4 is 5.32 Å². The highest BCUT2D eigenvalue weighted by atomic mass is 16.5. The van der Waals surface area contributed by atoms with Gasteiger partial charge in [0.05, 0.1) is 6.61 Å². The molecule has 3 unspecified atom stereocenters. The smallest absolute Gasteiger partial charge is 0.0616 e. The normalized spacial score (nSPS) is 31.4. The molecule has 0 amide bonds. The summed E-state index contributed by atoms with van der Waals surface area (Å²) in [6.45, 7) is 0.963. The number of hydrogen-bond donors (Lipinski definition) is 2. The minimum absolute atomic E-state index is 0.250. The predicted octanol–water partition coefficient (Wildman–Crippen LogP) is 1.94. The standard InChI is InChI=1S/C14H27NO2/c1-17-10-14(7-8-16)15-13-4-2-3-12(9-13)11-5-6-11/h11-16H,2-10H2,1H3. The fourth-order valence-corrected chi connectivity index (χ4v) is 3.28. The second kappa shape index (κ2) is 6.72. The van der Waals surface area contributed by atoms with Crippen molar-refractivity contribution >= 4 is 0 Å². The van der Waals surface area contributed by atoms with Crippen LogP contribution in [0.3, 0.4) is 0 Å². The van der Waals surface area contributed by atoms with Gasteiger partial charge in [-0.3, -0.25) is 0 Å². The summed E-state index contributed by atoms with van der Waals surface area (Å²) < 4.78 is 5.21. The molecule has 3 heteroatoms. The average Bonchev–Trinajstić information content (AvgIpc) is 3.14.